The monoisotopic (exact) mass is 269 g/mol. The number of nitrogens with one attached hydrogen (secondary N) is 1. The van der Waals surface area contributed by atoms with Crippen LogP contribution in [0.5, 0.6) is 0 Å². The molecule has 1 atom stereocenters. The second-order valence-corrected chi connectivity index (χ2v) is 4.39. The summed E-state index contributed by atoms with van der Waals surface area (Å²) in [6.07, 6.45) is 0.756. The van der Waals surface area contributed by atoms with Crippen LogP contribution in [0.2, 0.25) is 5.02 Å². The number of hydrogen-bond donors (Lipinski definition) is 3. The number of amidine groups is 1. The average Bonchev–Trinajstić information content (AvgIpc) is 2.38. The molecule has 1 amide bonds. The van der Waals surface area contributed by atoms with Gasteiger partial charge >= 0.3 is 0 Å². The SMILES string of the molecule is CCC(C)C(=O)Nc1ccc(/C(N)=N/O)cc1Cl. The number of rotatable bonds is 4. The van der Waals surface area contributed by atoms with E-state index in [1.165, 1.54) is 6.07 Å². The molecule has 0 fully saturated rings. The second-order valence-electron chi connectivity index (χ2n) is 3.98. The van der Waals surface area contributed by atoms with E-state index in [4.69, 9.17) is 22.5 Å². The van der Waals surface area contributed by atoms with Crippen molar-refractivity contribution in [3.63, 3.8) is 0 Å². The van der Waals surface area contributed by atoms with Gasteiger partial charge in [-0.25, -0.2) is 0 Å². The average molecular weight is 270 g/mol. The van der Waals surface area contributed by atoms with E-state index in [-0.39, 0.29) is 17.7 Å². The summed E-state index contributed by atoms with van der Waals surface area (Å²) in [7, 11) is 0. The zero-order chi connectivity index (χ0) is 13.7. The van der Waals surface area contributed by atoms with E-state index in [1.807, 2.05) is 13.8 Å². The Labute approximate surface area is 111 Å². The molecule has 1 aromatic carbocycles. The van der Waals surface area contributed by atoms with Crippen molar-refractivity contribution in [2.45, 2.75) is 20.3 Å². The minimum absolute atomic E-state index is 0.0308. The molecule has 4 N–H and O–H groups in total. The lowest BCUT2D eigenvalue weighted by Gasteiger charge is -2.12. The second kappa shape index (κ2) is 6.26. The van der Waals surface area contributed by atoms with Crippen LogP contribution in [-0.4, -0.2) is 17.0 Å². The lowest BCUT2D eigenvalue weighted by Crippen LogP contribution is -2.20. The van der Waals surface area contributed by atoms with Crippen molar-refractivity contribution in [2.75, 3.05) is 5.32 Å². The van der Waals surface area contributed by atoms with Crippen LogP contribution in [0.25, 0.3) is 0 Å². The summed E-state index contributed by atoms with van der Waals surface area (Å²) >= 11 is 6.02. The van der Waals surface area contributed by atoms with E-state index in [1.54, 1.807) is 12.1 Å². The fourth-order valence-corrected chi connectivity index (χ4v) is 1.50. The van der Waals surface area contributed by atoms with Gasteiger partial charge in [-0.05, 0) is 24.6 Å². The Morgan fingerprint density at radius 1 is 1.61 bits per heavy atom. The summed E-state index contributed by atoms with van der Waals surface area (Å²) in [5.74, 6) is -0.197. The van der Waals surface area contributed by atoms with Crippen LogP contribution in [0.15, 0.2) is 23.4 Å². The van der Waals surface area contributed by atoms with Crippen molar-refractivity contribution in [2.24, 2.45) is 16.8 Å². The van der Waals surface area contributed by atoms with E-state index in [9.17, 15) is 4.79 Å². The van der Waals surface area contributed by atoms with Crippen LogP contribution in [0.1, 0.15) is 25.8 Å². The fourth-order valence-electron chi connectivity index (χ4n) is 1.27. The lowest BCUT2D eigenvalue weighted by molar-refractivity contribution is -0.119. The fraction of sp³-hybridized carbons (Fsp3) is 0.333. The van der Waals surface area contributed by atoms with Gasteiger partial charge in [0, 0.05) is 11.5 Å². The Morgan fingerprint density at radius 3 is 2.78 bits per heavy atom. The molecular formula is C12H16ClN3O2. The Bertz CT molecular complexity index is 474. The highest BCUT2D eigenvalue weighted by Crippen LogP contribution is 2.23. The Hall–Kier alpha value is -1.75. The maximum atomic E-state index is 11.7. The number of nitrogens with zero attached hydrogens (tertiary/aromatic N) is 1. The van der Waals surface area contributed by atoms with Crippen molar-refractivity contribution < 1.29 is 10.0 Å². The van der Waals surface area contributed by atoms with Gasteiger partial charge < -0.3 is 16.3 Å². The maximum Gasteiger partial charge on any atom is 0.227 e. The summed E-state index contributed by atoms with van der Waals surface area (Å²) in [4.78, 5) is 11.7. The zero-order valence-electron chi connectivity index (χ0n) is 10.3. The third-order valence-electron chi connectivity index (χ3n) is 2.69. The lowest BCUT2D eigenvalue weighted by atomic mass is 10.1. The van der Waals surface area contributed by atoms with Gasteiger partial charge in [-0.1, -0.05) is 30.6 Å². The van der Waals surface area contributed by atoms with E-state index >= 15 is 0 Å². The minimum atomic E-state index is -0.0871. The first kappa shape index (κ1) is 14.3. The van der Waals surface area contributed by atoms with Crippen molar-refractivity contribution in [1.29, 1.82) is 0 Å². The van der Waals surface area contributed by atoms with Crippen molar-refractivity contribution >= 4 is 29.0 Å². The van der Waals surface area contributed by atoms with Crippen LogP contribution in [0.4, 0.5) is 5.69 Å². The van der Waals surface area contributed by atoms with Crippen LogP contribution in [0, 0.1) is 5.92 Å². The molecule has 0 spiro atoms. The molecule has 0 bridgehead atoms. The van der Waals surface area contributed by atoms with Crippen molar-refractivity contribution in [1.82, 2.24) is 0 Å². The zero-order valence-corrected chi connectivity index (χ0v) is 11.0. The molecule has 1 aromatic rings. The van der Waals surface area contributed by atoms with E-state index in [0.29, 0.717) is 16.3 Å². The van der Waals surface area contributed by atoms with Gasteiger partial charge in [-0.2, -0.15) is 0 Å². The molecular weight excluding hydrogens is 254 g/mol. The van der Waals surface area contributed by atoms with Gasteiger partial charge in [0.1, 0.15) is 0 Å². The van der Waals surface area contributed by atoms with Crippen molar-refractivity contribution in [3.8, 4) is 0 Å². The number of halogens is 1. The van der Waals surface area contributed by atoms with E-state index < -0.39 is 0 Å². The Balaban J connectivity index is 2.90. The van der Waals surface area contributed by atoms with Crippen LogP contribution >= 0.6 is 11.6 Å². The van der Waals surface area contributed by atoms with Gasteiger partial charge in [-0.3, -0.25) is 4.79 Å². The smallest absolute Gasteiger partial charge is 0.227 e. The molecule has 0 saturated carbocycles. The summed E-state index contributed by atoms with van der Waals surface area (Å²) in [5, 5.41) is 14.5. The first-order valence-electron chi connectivity index (χ1n) is 5.57. The number of benzene rings is 1. The molecule has 0 aromatic heterocycles. The van der Waals surface area contributed by atoms with Crippen LogP contribution in [0.3, 0.4) is 0 Å². The van der Waals surface area contributed by atoms with Gasteiger partial charge in [0.05, 0.1) is 10.7 Å². The van der Waals surface area contributed by atoms with Crippen LogP contribution < -0.4 is 11.1 Å². The topological polar surface area (TPSA) is 87.7 Å². The number of oxime groups is 1. The van der Waals surface area contributed by atoms with Gasteiger partial charge in [-0.15, -0.1) is 0 Å². The molecule has 0 aliphatic carbocycles. The molecule has 1 rings (SSSR count). The number of amides is 1. The molecule has 0 aliphatic heterocycles. The molecule has 18 heavy (non-hydrogen) atoms. The number of carbonyl (C=O) groups excluding carboxylic acids is 1. The van der Waals surface area contributed by atoms with Gasteiger partial charge in [0.15, 0.2) is 5.84 Å². The third kappa shape index (κ3) is 3.37. The number of hydrogen-bond acceptors (Lipinski definition) is 3. The first-order chi connectivity index (χ1) is 8.49. The van der Waals surface area contributed by atoms with E-state index in [2.05, 4.69) is 10.5 Å². The first-order valence-corrected chi connectivity index (χ1v) is 5.95. The van der Waals surface area contributed by atoms with Gasteiger partial charge in [0.25, 0.3) is 0 Å². The molecule has 98 valence electrons. The van der Waals surface area contributed by atoms with Crippen molar-refractivity contribution in [3.05, 3.63) is 28.8 Å². The molecule has 0 aliphatic rings. The summed E-state index contributed by atoms with van der Waals surface area (Å²) < 4.78 is 0. The minimum Gasteiger partial charge on any atom is -0.409 e. The molecule has 1 unspecified atom stereocenters. The molecule has 6 heteroatoms. The largest absolute Gasteiger partial charge is 0.409 e. The standard InChI is InChI=1S/C12H16ClN3O2/c1-3-7(2)12(17)15-10-5-4-8(6-9(10)13)11(14)16-18/h4-7,18H,3H2,1-2H3,(H2,14,16)(H,15,17). The highest BCUT2D eigenvalue weighted by molar-refractivity contribution is 6.34. The normalized spacial score (nSPS) is 13.2. The molecule has 0 radical (unpaired) electrons. The third-order valence-corrected chi connectivity index (χ3v) is 3.00. The predicted octanol–water partition coefficient (Wildman–Crippen LogP) is 2.42. The van der Waals surface area contributed by atoms with E-state index in [0.717, 1.165) is 6.42 Å². The Morgan fingerprint density at radius 2 is 2.28 bits per heavy atom. The number of carbonyl (C=O) groups is 1. The highest BCUT2D eigenvalue weighted by atomic mass is 35.5. The molecule has 0 saturated heterocycles. The number of nitrogens with two attached hydrogens (primary N) is 1. The summed E-state index contributed by atoms with van der Waals surface area (Å²) in [6.45, 7) is 3.78. The quantitative estimate of drug-likeness (QED) is 0.339. The molecule has 0 heterocycles. The van der Waals surface area contributed by atoms with Gasteiger partial charge in [0.2, 0.25) is 5.91 Å². The number of anilines is 1. The highest BCUT2D eigenvalue weighted by Gasteiger charge is 2.13. The summed E-state index contributed by atoms with van der Waals surface area (Å²) in [6, 6.07) is 4.77. The van der Waals surface area contributed by atoms with Crippen LogP contribution in [-0.2, 0) is 4.79 Å². The maximum absolute atomic E-state index is 11.7. The predicted molar refractivity (Wildman–Crippen MR) is 72.0 cm³/mol. The Kier molecular flexibility index (Phi) is 4.97. The summed E-state index contributed by atoms with van der Waals surface area (Å²) in [5.41, 5.74) is 6.44. The molecule has 5 nitrogen and oxygen atoms in total.